The van der Waals surface area contributed by atoms with E-state index in [2.05, 4.69) is 32.2 Å². The van der Waals surface area contributed by atoms with E-state index in [4.69, 9.17) is 0 Å². The smallest absolute Gasteiger partial charge is 0.173 e. The van der Waals surface area contributed by atoms with Gasteiger partial charge in [-0.25, -0.2) is 0 Å². The van der Waals surface area contributed by atoms with E-state index >= 15 is 0 Å². The van der Waals surface area contributed by atoms with Gasteiger partial charge >= 0.3 is 0 Å². The van der Waals surface area contributed by atoms with E-state index in [-0.39, 0.29) is 0 Å². The first-order valence-corrected chi connectivity index (χ1v) is 7.61. The summed E-state index contributed by atoms with van der Waals surface area (Å²) in [6.45, 7) is 6.56. The molecule has 0 N–H and O–H groups in total. The van der Waals surface area contributed by atoms with Crippen LogP contribution in [0.3, 0.4) is 0 Å². The van der Waals surface area contributed by atoms with Crippen molar-refractivity contribution >= 4 is 17.1 Å². The van der Waals surface area contributed by atoms with Crippen molar-refractivity contribution in [3.63, 3.8) is 0 Å². The van der Waals surface area contributed by atoms with Crippen LogP contribution in [-0.2, 0) is 0 Å². The number of hydrogen-bond acceptors (Lipinski definition) is 2. The molecule has 0 aromatic carbocycles. The topological polar surface area (TPSA) is 17.1 Å². The van der Waals surface area contributed by atoms with E-state index in [0.717, 1.165) is 23.6 Å². The summed E-state index contributed by atoms with van der Waals surface area (Å²) in [4.78, 5) is 13.2. The summed E-state index contributed by atoms with van der Waals surface area (Å²) >= 11 is 1.62. The van der Waals surface area contributed by atoms with Crippen LogP contribution >= 0.6 is 11.3 Å². The van der Waals surface area contributed by atoms with Crippen LogP contribution in [0.15, 0.2) is 11.4 Å². The highest BCUT2D eigenvalue weighted by Crippen LogP contribution is 2.40. The van der Waals surface area contributed by atoms with Gasteiger partial charge in [0.2, 0.25) is 0 Å². The number of Topliss-reactive ketones (excluding diaryl/α,β-unsaturated/α-hetero) is 1. The van der Waals surface area contributed by atoms with Crippen LogP contribution < -0.4 is 0 Å². The molecule has 2 heteroatoms. The Morgan fingerprint density at radius 2 is 2.18 bits per heavy atom. The molecule has 0 bridgehead atoms. The summed E-state index contributed by atoms with van der Waals surface area (Å²) < 4.78 is 0. The second-order valence-corrected chi connectivity index (χ2v) is 6.44. The molecule has 1 aliphatic rings. The van der Waals surface area contributed by atoms with Crippen molar-refractivity contribution in [2.45, 2.75) is 52.4 Å². The Balaban J connectivity index is 1.98. The van der Waals surface area contributed by atoms with Crippen molar-refractivity contribution < 1.29 is 4.79 Å². The third-order valence-corrected chi connectivity index (χ3v) is 4.81. The highest BCUT2D eigenvalue weighted by Gasteiger charge is 2.31. The van der Waals surface area contributed by atoms with E-state index in [1.54, 1.807) is 11.3 Å². The van der Waals surface area contributed by atoms with Gasteiger partial charge in [0.15, 0.2) is 5.78 Å². The summed E-state index contributed by atoms with van der Waals surface area (Å²) in [5, 5.41) is 2.13. The molecular formula is C15H22OS. The highest BCUT2D eigenvalue weighted by atomic mass is 32.1. The summed E-state index contributed by atoms with van der Waals surface area (Å²) in [5.41, 5.74) is 1.30. The van der Waals surface area contributed by atoms with Crippen LogP contribution in [0.1, 0.15) is 67.6 Å². The molecule has 1 nitrogen and oxygen atoms in total. The number of hydrogen-bond donors (Lipinski definition) is 0. The molecule has 1 unspecified atom stereocenters. The van der Waals surface area contributed by atoms with Gasteiger partial charge in [-0.1, -0.05) is 27.2 Å². The average molecular weight is 250 g/mol. The molecule has 2 rings (SSSR count). The minimum atomic E-state index is 0.362. The van der Waals surface area contributed by atoms with Crippen LogP contribution in [0.2, 0.25) is 0 Å². The summed E-state index contributed by atoms with van der Waals surface area (Å²) in [6.07, 6.45) is 4.60. The van der Waals surface area contributed by atoms with Gasteiger partial charge in [-0.15, -0.1) is 11.3 Å². The lowest BCUT2D eigenvalue weighted by Crippen LogP contribution is -2.09. The Morgan fingerprint density at radius 1 is 1.47 bits per heavy atom. The minimum Gasteiger partial charge on any atom is -0.293 e. The first-order chi connectivity index (χ1) is 8.11. The van der Waals surface area contributed by atoms with E-state index < -0.39 is 0 Å². The van der Waals surface area contributed by atoms with E-state index in [1.807, 2.05) is 0 Å². The van der Waals surface area contributed by atoms with Crippen LogP contribution in [0.25, 0.3) is 0 Å². The zero-order valence-electron chi connectivity index (χ0n) is 11.0. The fourth-order valence-corrected chi connectivity index (χ4v) is 3.37. The molecule has 1 aromatic heterocycles. The fourth-order valence-electron chi connectivity index (χ4n) is 2.35. The van der Waals surface area contributed by atoms with Gasteiger partial charge in [0.25, 0.3) is 0 Å². The second-order valence-electron chi connectivity index (χ2n) is 5.53. The maximum atomic E-state index is 12.2. The average Bonchev–Trinajstić information content (AvgIpc) is 3.01. The molecule has 1 saturated carbocycles. The minimum absolute atomic E-state index is 0.362. The van der Waals surface area contributed by atoms with Crippen LogP contribution in [0, 0.1) is 11.8 Å². The van der Waals surface area contributed by atoms with E-state index in [0.29, 0.717) is 17.6 Å². The van der Waals surface area contributed by atoms with Crippen molar-refractivity contribution in [3.05, 3.63) is 21.9 Å². The Kier molecular flexibility index (Phi) is 4.03. The van der Waals surface area contributed by atoms with Crippen molar-refractivity contribution in [3.8, 4) is 0 Å². The zero-order chi connectivity index (χ0) is 12.4. The molecule has 1 atom stereocenters. The molecule has 1 aliphatic carbocycles. The van der Waals surface area contributed by atoms with Gasteiger partial charge in [0, 0.05) is 6.42 Å². The molecule has 1 fully saturated rings. The standard InChI is InChI=1S/C15H22OS/c1-4-11(12-5-6-12)7-14(16)15-8-13(9-17-15)10(2)3/h8-12H,4-7H2,1-3H3. The number of ketones is 1. The quantitative estimate of drug-likeness (QED) is 0.658. The third-order valence-electron chi connectivity index (χ3n) is 3.82. The number of rotatable bonds is 6. The van der Waals surface area contributed by atoms with E-state index in [1.165, 1.54) is 18.4 Å². The van der Waals surface area contributed by atoms with Gasteiger partial charge in [-0.05, 0) is 47.6 Å². The normalized spacial score (nSPS) is 17.4. The van der Waals surface area contributed by atoms with Crippen molar-refractivity contribution in [2.75, 3.05) is 0 Å². The van der Waals surface area contributed by atoms with Crippen LogP contribution in [-0.4, -0.2) is 5.78 Å². The van der Waals surface area contributed by atoms with Gasteiger partial charge in [-0.2, -0.15) is 0 Å². The Hall–Kier alpha value is -0.630. The van der Waals surface area contributed by atoms with Crippen LogP contribution in [0.5, 0.6) is 0 Å². The predicted octanol–water partition coefficient (Wildman–Crippen LogP) is 4.88. The molecule has 1 heterocycles. The van der Waals surface area contributed by atoms with Crippen molar-refractivity contribution in [1.29, 1.82) is 0 Å². The first-order valence-electron chi connectivity index (χ1n) is 6.73. The number of thiophene rings is 1. The second kappa shape index (κ2) is 5.34. The molecule has 0 saturated heterocycles. The molecule has 0 spiro atoms. The monoisotopic (exact) mass is 250 g/mol. The molecule has 17 heavy (non-hydrogen) atoms. The number of carbonyl (C=O) groups is 1. The fraction of sp³-hybridized carbons (Fsp3) is 0.667. The Bertz CT molecular complexity index is 387. The lowest BCUT2D eigenvalue weighted by Gasteiger charge is -2.11. The van der Waals surface area contributed by atoms with E-state index in [9.17, 15) is 4.79 Å². The zero-order valence-corrected chi connectivity index (χ0v) is 11.8. The maximum absolute atomic E-state index is 12.2. The summed E-state index contributed by atoms with van der Waals surface area (Å²) in [7, 11) is 0. The lowest BCUT2D eigenvalue weighted by atomic mass is 9.94. The largest absolute Gasteiger partial charge is 0.293 e. The Morgan fingerprint density at radius 3 is 2.65 bits per heavy atom. The highest BCUT2D eigenvalue weighted by molar-refractivity contribution is 7.12. The molecule has 0 radical (unpaired) electrons. The van der Waals surface area contributed by atoms with Gasteiger partial charge in [0.1, 0.15) is 0 Å². The summed E-state index contributed by atoms with van der Waals surface area (Å²) in [5.74, 6) is 2.36. The first kappa shape index (κ1) is 12.8. The third kappa shape index (κ3) is 3.19. The lowest BCUT2D eigenvalue weighted by molar-refractivity contribution is 0.0958. The van der Waals surface area contributed by atoms with Gasteiger partial charge in [-0.3, -0.25) is 4.79 Å². The van der Waals surface area contributed by atoms with Crippen LogP contribution in [0.4, 0.5) is 0 Å². The van der Waals surface area contributed by atoms with Gasteiger partial charge < -0.3 is 0 Å². The van der Waals surface area contributed by atoms with Gasteiger partial charge in [0.05, 0.1) is 4.88 Å². The predicted molar refractivity (Wildman–Crippen MR) is 73.9 cm³/mol. The molecule has 94 valence electrons. The summed E-state index contributed by atoms with van der Waals surface area (Å²) in [6, 6.07) is 2.09. The molecule has 0 amide bonds. The molecule has 0 aliphatic heterocycles. The van der Waals surface area contributed by atoms with Crippen molar-refractivity contribution in [1.82, 2.24) is 0 Å². The number of carbonyl (C=O) groups excluding carboxylic acids is 1. The molecular weight excluding hydrogens is 228 g/mol. The maximum Gasteiger partial charge on any atom is 0.173 e. The SMILES string of the molecule is CCC(CC(=O)c1cc(C(C)C)cs1)C1CC1. The Labute approximate surface area is 108 Å². The molecule has 1 aromatic rings. The van der Waals surface area contributed by atoms with Crippen molar-refractivity contribution in [2.24, 2.45) is 11.8 Å².